The molecule has 36 heavy (non-hydrogen) atoms. The second-order valence-electron chi connectivity index (χ2n) is 8.94. The van der Waals surface area contributed by atoms with Crippen molar-refractivity contribution < 1.29 is 23.9 Å². The van der Waals surface area contributed by atoms with Crippen LogP contribution in [0.25, 0.3) is 6.08 Å². The summed E-state index contributed by atoms with van der Waals surface area (Å²) in [6, 6.07) is 10.6. The van der Waals surface area contributed by atoms with E-state index < -0.39 is 24.4 Å². The second kappa shape index (κ2) is 13.1. The van der Waals surface area contributed by atoms with Crippen molar-refractivity contribution in [2.75, 3.05) is 32.6 Å². The van der Waals surface area contributed by atoms with Gasteiger partial charge in [-0.1, -0.05) is 19.9 Å². The quantitative estimate of drug-likeness (QED) is 0.289. The molecule has 1 heterocycles. The lowest BCUT2D eigenvalue weighted by Gasteiger charge is -2.17. The number of carbonyl (C=O) groups is 3. The predicted molar refractivity (Wildman–Crippen MR) is 137 cm³/mol. The zero-order valence-electron chi connectivity index (χ0n) is 21.8. The molecule has 1 aromatic carbocycles. The summed E-state index contributed by atoms with van der Waals surface area (Å²) >= 11 is 0. The normalized spacial score (nSPS) is 11.1. The van der Waals surface area contributed by atoms with E-state index in [1.807, 2.05) is 26.0 Å². The fraction of sp³-hybridized carbons (Fsp3) is 0.407. The molecule has 0 saturated heterocycles. The van der Waals surface area contributed by atoms with Gasteiger partial charge in [0.1, 0.15) is 17.4 Å². The van der Waals surface area contributed by atoms with Crippen LogP contribution in [0.3, 0.4) is 0 Å². The molecule has 0 aliphatic carbocycles. The van der Waals surface area contributed by atoms with E-state index in [4.69, 9.17) is 9.47 Å². The first-order chi connectivity index (χ1) is 17.0. The Hall–Kier alpha value is -4.06. The summed E-state index contributed by atoms with van der Waals surface area (Å²) in [4.78, 5) is 38.2. The van der Waals surface area contributed by atoms with Crippen molar-refractivity contribution in [1.82, 2.24) is 9.47 Å². The summed E-state index contributed by atoms with van der Waals surface area (Å²) < 4.78 is 12.3. The largest absolute Gasteiger partial charge is 0.497 e. The maximum Gasteiger partial charge on any atom is 0.349 e. The van der Waals surface area contributed by atoms with Gasteiger partial charge >= 0.3 is 5.97 Å². The lowest BCUT2D eigenvalue weighted by Crippen LogP contribution is -2.37. The van der Waals surface area contributed by atoms with Crippen molar-refractivity contribution in [2.24, 2.45) is 5.92 Å². The molecule has 2 amide bonds. The zero-order chi connectivity index (χ0) is 26.8. The third-order valence-corrected chi connectivity index (χ3v) is 5.67. The van der Waals surface area contributed by atoms with E-state index >= 15 is 0 Å². The number of benzene rings is 1. The number of nitrogens with one attached hydrogen (secondary N) is 1. The number of esters is 1. The Labute approximate surface area is 212 Å². The highest BCUT2D eigenvalue weighted by molar-refractivity contribution is 5.99. The van der Waals surface area contributed by atoms with Gasteiger partial charge < -0.3 is 24.3 Å². The van der Waals surface area contributed by atoms with Crippen LogP contribution < -0.4 is 10.1 Å². The van der Waals surface area contributed by atoms with Gasteiger partial charge in [0.2, 0.25) is 5.91 Å². The minimum atomic E-state index is -0.896. The summed E-state index contributed by atoms with van der Waals surface area (Å²) in [5.41, 5.74) is 3.06. The molecule has 0 bridgehead atoms. The average molecular weight is 495 g/mol. The number of carbonyl (C=O) groups excluding carboxylic acids is 3. The van der Waals surface area contributed by atoms with E-state index in [2.05, 4.69) is 23.7 Å². The Kier molecular flexibility index (Phi) is 10.3. The Balaban J connectivity index is 1.95. The first-order valence-corrected chi connectivity index (χ1v) is 11.7. The third kappa shape index (κ3) is 8.01. The number of hydrogen-bond acceptors (Lipinski definition) is 6. The molecule has 0 saturated carbocycles. The molecule has 2 rings (SSSR count). The van der Waals surface area contributed by atoms with Crippen molar-refractivity contribution in [3.63, 3.8) is 0 Å². The first kappa shape index (κ1) is 28.2. The highest BCUT2D eigenvalue weighted by atomic mass is 16.5. The van der Waals surface area contributed by atoms with Gasteiger partial charge in [0, 0.05) is 36.7 Å². The molecule has 0 unspecified atom stereocenters. The molecule has 9 heteroatoms. The molecule has 0 aliphatic heterocycles. The summed E-state index contributed by atoms with van der Waals surface area (Å²) in [6.07, 6.45) is 2.49. The number of anilines is 1. The lowest BCUT2D eigenvalue weighted by atomic mass is 10.1. The maximum atomic E-state index is 12.5. The number of amides is 2. The smallest absolute Gasteiger partial charge is 0.349 e. The van der Waals surface area contributed by atoms with Gasteiger partial charge in [-0.05, 0) is 56.0 Å². The number of aryl methyl sites for hydroxylation is 1. The number of likely N-dealkylation sites (N-methyl/N-ethyl adjacent to an activating group) is 1. The van der Waals surface area contributed by atoms with Crippen LogP contribution in [0.15, 0.2) is 35.9 Å². The summed E-state index contributed by atoms with van der Waals surface area (Å²) in [6.45, 7) is 8.25. The monoisotopic (exact) mass is 494 g/mol. The topological polar surface area (TPSA) is 114 Å². The van der Waals surface area contributed by atoms with Crippen LogP contribution in [0.5, 0.6) is 5.75 Å². The number of aromatic nitrogens is 1. The number of rotatable bonds is 11. The van der Waals surface area contributed by atoms with Gasteiger partial charge in [0.15, 0.2) is 6.61 Å². The fourth-order valence-corrected chi connectivity index (χ4v) is 3.52. The van der Waals surface area contributed by atoms with Crippen LogP contribution in [0.2, 0.25) is 0 Å². The van der Waals surface area contributed by atoms with E-state index in [0.29, 0.717) is 17.4 Å². The van der Waals surface area contributed by atoms with Crippen LogP contribution in [0.4, 0.5) is 5.69 Å². The van der Waals surface area contributed by atoms with E-state index in [1.54, 1.807) is 24.3 Å². The van der Waals surface area contributed by atoms with Crippen molar-refractivity contribution in [1.29, 1.82) is 5.26 Å². The Morgan fingerprint density at radius 3 is 2.58 bits per heavy atom. The van der Waals surface area contributed by atoms with Crippen LogP contribution in [-0.4, -0.2) is 54.6 Å². The van der Waals surface area contributed by atoms with E-state index in [-0.39, 0.29) is 12.1 Å². The van der Waals surface area contributed by atoms with Crippen molar-refractivity contribution in [3.05, 3.63) is 52.9 Å². The zero-order valence-corrected chi connectivity index (χ0v) is 21.8. The van der Waals surface area contributed by atoms with E-state index in [1.165, 1.54) is 20.2 Å². The molecule has 0 atom stereocenters. The summed E-state index contributed by atoms with van der Waals surface area (Å²) in [5, 5.41) is 12.2. The van der Waals surface area contributed by atoms with Gasteiger partial charge in [-0.3, -0.25) is 9.59 Å². The highest BCUT2D eigenvalue weighted by Gasteiger charge is 2.18. The molecule has 1 aromatic heterocycles. The average Bonchev–Trinajstić information content (AvgIpc) is 3.10. The van der Waals surface area contributed by atoms with Crippen LogP contribution in [-0.2, 0) is 25.7 Å². The number of nitriles is 1. The second-order valence-corrected chi connectivity index (χ2v) is 8.94. The Bertz CT molecular complexity index is 1170. The molecule has 0 radical (unpaired) electrons. The van der Waals surface area contributed by atoms with E-state index in [9.17, 15) is 19.6 Å². The van der Waals surface area contributed by atoms with Crippen molar-refractivity contribution in [2.45, 2.75) is 40.7 Å². The number of methoxy groups -OCH3 is 1. The number of hydrogen-bond donors (Lipinski definition) is 1. The van der Waals surface area contributed by atoms with Crippen molar-refractivity contribution in [3.8, 4) is 11.8 Å². The molecule has 0 fully saturated rings. The maximum absolute atomic E-state index is 12.5. The third-order valence-electron chi connectivity index (χ3n) is 5.67. The highest BCUT2D eigenvalue weighted by Crippen LogP contribution is 2.20. The Morgan fingerprint density at radius 1 is 1.22 bits per heavy atom. The molecular weight excluding hydrogens is 460 g/mol. The fourth-order valence-electron chi connectivity index (χ4n) is 3.52. The van der Waals surface area contributed by atoms with Gasteiger partial charge in [-0.15, -0.1) is 0 Å². The molecule has 9 nitrogen and oxygen atoms in total. The minimum Gasteiger partial charge on any atom is -0.497 e. The molecule has 192 valence electrons. The molecule has 0 aliphatic rings. The molecular formula is C27H34N4O5. The summed E-state index contributed by atoms with van der Waals surface area (Å²) in [7, 11) is 2.95. The van der Waals surface area contributed by atoms with Crippen LogP contribution >= 0.6 is 0 Å². The lowest BCUT2D eigenvalue weighted by molar-refractivity contribution is -0.148. The van der Waals surface area contributed by atoms with Crippen molar-refractivity contribution >= 4 is 29.5 Å². The number of ether oxygens (including phenoxy) is 2. The molecule has 1 N–H and O–H groups in total. The first-order valence-electron chi connectivity index (χ1n) is 11.7. The van der Waals surface area contributed by atoms with E-state index in [0.717, 1.165) is 34.8 Å². The SMILES string of the molecule is COc1cccc(NC(=O)CN(C)C(=O)COC(=O)/C(C#N)=C/c2cc(C)n(CCC(C)C)c2C)c1. The Morgan fingerprint density at radius 2 is 1.94 bits per heavy atom. The van der Waals surface area contributed by atoms with Crippen LogP contribution in [0.1, 0.15) is 37.2 Å². The summed E-state index contributed by atoms with van der Waals surface area (Å²) in [5.74, 6) is -0.752. The number of nitrogens with zero attached hydrogens (tertiary/aromatic N) is 3. The minimum absolute atomic E-state index is 0.203. The van der Waals surface area contributed by atoms with Gasteiger partial charge in [-0.2, -0.15) is 5.26 Å². The standard InChI is InChI=1S/C27H34N4O5/c1-18(2)10-11-31-19(3)12-21(20(31)4)13-22(15-28)27(34)36-17-26(33)30(5)16-25(32)29-23-8-7-9-24(14-23)35-6/h7-9,12-14,18H,10-11,16-17H2,1-6H3,(H,29,32)/b22-13+. The van der Waals surface area contributed by atoms with Gasteiger partial charge in [-0.25, -0.2) is 4.79 Å². The predicted octanol–water partition coefficient (Wildman–Crippen LogP) is 3.71. The molecule has 2 aromatic rings. The molecule has 0 spiro atoms. The van der Waals surface area contributed by atoms with Gasteiger partial charge in [0.05, 0.1) is 13.7 Å². The van der Waals surface area contributed by atoms with Gasteiger partial charge in [0.25, 0.3) is 5.91 Å². The van der Waals surface area contributed by atoms with Crippen LogP contribution in [0, 0.1) is 31.1 Å².